The summed E-state index contributed by atoms with van der Waals surface area (Å²) in [6, 6.07) is 12.7. The molecular weight excluding hydrogens is 340 g/mol. The topological polar surface area (TPSA) is 75.7 Å². The molecule has 0 bridgehead atoms. The number of nitrogens with one attached hydrogen (secondary N) is 1. The first-order valence-electron chi connectivity index (χ1n) is 7.87. The van der Waals surface area contributed by atoms with Crippen molar-refractivity contribution in [1.29, 1.82) is 0 Å². The van der Waals surface area contributed by atoms with E-state index in [1.54, 1.807) is 6.07 Å². The smallest absolute Gasteiger partial charge is 0.325 e. The molecule has 2 aromatic rings. The van der Waals surface area contributed by atoms with Crippen LogP contribution in [0, 0.1) is 6.92 Å². The fourth-order valence-electron chi connectivity index (χ4n) is 2.18. The number of anilines is 1. The number of para-hydroxylation sites is 1. The van der Waals surface area contributed by atoms with Gasteiger partial charge in [0.15, 0.2) is 6.61 Å². The molecular formula is C18H20N2O4S. The average molecular weight is 360 g/mol. The molecule has 7 heteroatoms. The molecule has 0 radical (unpaired) electrons. The van der Waals surface area contributed by atoms with Gasteiger partial charge in [0.05, 0.1) is 4.88 Å². The van der Waals surface area contributed by atoms with Gasteiger partial charge in [-0.2, -0.15) is 0 Å². The molecule has 25 heavy (non-hydrogen) atoms. The predicted octanol–water partition coefficient (Wildman–Crippen LogP) is 2.38. The Kier molecular flexibility index (Phi) is 6.71. The molecule has 6 nitrogen and oxygen atoms in total. The Morgan fingerprint density at radius 3 is 2.44 bits per heavy atom. The number of thiophene rings is 1. The van der Waals surface area contributed by atoms with E-state index in [2.05, 4.69) is 5.32 Å². The number of esters is 1. The van der Waals surface area contributed by atoms with Gasteiger partial charge in [0.1, 0.15) is 6.54 Å². The fourth-order valence-corrected chi connectivity index (χ4v) is 2.96. The normalized spacial score (nSPS) is 10.2. The highest BCUT2D eigenvalue weighted by molar-refractivity contribution is 7.13. The summed E-state index contributed by atoms with van der Waals surface area (Å²) in [6.07, 6.45) is 0. The number of rotatable bonds is 7. The van der Waals surface area contributed by atoms with Crippen molar-refractivity contribution >= 4 is 34.8 Å². The second kappa shape index (κ2) is 8.98. The molecule has 1 heterocycles. The second-order valence-corrected chi connectivity index (χ2v) is 6.52. The first-order chi connectivity index (χ1) is 12.0. The van der Waals surface area contributed by atoms with E-state index in [1.165, 1.54) is 16.2 Å². The van der Waals surface area contributed by atoms with Crippen molar-refractivity contribution in [1.82, 2.24) is 5.32 Å². The lowest BCUT2D eigenvalue weighted by atomic mass is 10.3. The van der Waals surface area contributed by atoms with Gasteiger partial charge in [-0.1, -0.05) is 18.2 Å². The Balaban J connectivity index is 1.79. The van der Waals surface area contributed by atoms with E-state index in [9.17, 15) is 14.4 Å². The number of likely N-dealkylation sites (N-methyl/N-ethyl adjacent to an activating group) is 1. The van der Waals surface area contributed by atoms with Crippen LogP contribution in [0.2, 0.25) is 0 Å². The van der Waals surface area contributed by atoms with Gasteiger partial charge < -0.3 is 15.0 Å². The molecule has 1 aromatic heterocycles. The molecule has 1 N–H and O–H groups in total. The Labute approximate surface area is 150 Å². The molecule has 0 aliphatic heterocycles. The largest absolute Gasteiger partial charge is 0.454 e. The van der Waals surface area contributed by atoms with E-state index in [1.807, 2.05) is 50.2 Å². The maximum Gasteiger partial charge on any atom is 0.325 e. The SMILES string of the molecule is CCN(C(=O)COC(=O)CNC(=O)c1ccc(C)s1)c1ccccc1. The number of benzene rings is 1. The summed E-state index contributed by atoms with van der Waals surface area (Å²) < 4.78 is 4.96. The van der Waals surface area contributed by atoms with E-state index in [0.29, 0.717) is 11.4 Å². The van der Waals surface area contributed by atoms with Gasteiger partial charge in [0, 0.05) is 17.1 Å². The first kappa shape index (κ1) is 18.7. The average Bonchev–Trinajstić information content (AvgIpc) is 3.06. The zero-order valence-corrected chi connectivity index (χ0v) is 15.0. The highest BCUT2D eigenvalue weighted by Gasteiger charge is 2.16. The number of carbonyl (C=O) groups is 3. The van der Waals surface area contributed by atoms with Gasteiger partial charge in [0.2, 0.25) is 0 Å². The second-order valence-electron chi connectivity index (χ2n) is 5.23. The van der Waals surface area contributed by atoms with Crippen LogP contribution in [-0.2, 0) is 14.3 Å². The summed E-state index contributed by atoms with van der Waals surface area (Å²) in [7, 11) is 0. The fraction of sp³-hybridized carbons (Fsp3) is 0.278. The summed E-state index contributed by atoms with van der Waals surface area (Å²) >= 11 is 1.35. The van der Waals surface area contributed by atoms with Gasteiger partial charge >= 0.3 is 5.97 Å². The van der Waals surface area contributed by atoms with Crippen LogP contribution >= 0.6 is 11.3 Å². The maximum atomic E-state index is 12.2. The molecule has 0 saturated carbocycles. The standard InChI is InChI=1S/C18H20N2O4S/c1-3-20(14-7-5-4-6-8-14)16(21)12-24-17(22)11-19-18(23)15-10-9-13(2)25-15/h4-10H,3,11-12H2,1-2H3,(H,19,23). The molecule has 2 rings (SSSR count). The first-order valence-corrected chi connectivity index (χ1v) is 8.68. The molecule has 0 spiro atoms. The van der Waals surface area contributed by atoms with Crippen LogP contribution in [0.1, 0.15) is 21.5 Å². The molecule has 0 saturated heterocycles. The lowest BCUT2D eigenvalue weighted by Crippen LogP contribution is -2.36. The van der Waals surface area contributed by atoms with Crippen LogP contribution in [0.25, 0.3) is 0 Å². The highest BCUT2D eigenvalue weighted by atomic mass is 32.1. The highest BCUT2D eigenvalue weighted by Crippen LogP contribution is 2.14. The summed E-state index contributed by atoms with van der Waals surface area (Å²) in [5, 5.41) is 2.48. The minimum absolute atomic E-state index is 0.277. The van der Waals surface area contributed by atoms with E-state index < -0.39 is 5.97 Å². The number of carbonyl (C=O) groups excluding carboxylic acids is 3. The molecule has 0 aliphatic carbocycles. The third kappa shape index (κ3) is 5.42. The molecule has 0 atom stereocenters. The van der Waals surface area contributed by atoms with Gasteiger partial charge in [0.25, 0.3) is 11.8 Å². The maximum absolute atomic E-state index is 12.2. The van der Waals surface area contributed by atoms with Gasteiger partial charge in [-0.25, -0.2) is 0 Å². The van der Waals surface area contributed by atoms with E-state index >= 15 is 0 Å². The van der Waals surface area contributed by atoms with Crippen molar-refractivity contribution in [2.45, 2.75) is 13.8 Å². The monoisotopic (exact) mass is 360 g/mol. The van der Waals surface area contributed by atoms with Gasteiger partial charge in [-0.3, -0.25) is 14.4 Å². The summed E-state index contributed by atoms with van der Waals surface area (Å²) in [5.41, 5.74) is 0.743. The van der Waals surface area contributed by atoms with Crippen molar-refractivity contribution in [2.75, 3.05) is 24.6 Å². The number of hydrogen-bond acceptors (Lipinski definition) is 5. The van der Waals surface area contributed by atoms with Crippen LogP contribution in [0.4, 0.5) is 5.69 Å². The number of amides is 2. The molecule has 1 aromatic carbocycles. The molecule has 0 unspecified atom stereocenters. The predicted molar refractivity (Wildman–Crippen MR) is 96.8 cm³/mol. The van der Waals surface area contributed by atoms with Crippen LogP contribution in [0.3, 0.4) is 0 Å². The number of hydrogen-bond donors (Lipinski definition) is 1. The molecule has 2 amide bonds. The summed E-state index contributed by atoms with van der Waals surface area (Å²) in [5.74, 6) is -1.30. The molecule has 0 fully saturated rings. The Bertz CT molecular complexity index is 743. The summed E-state index contributed by atoms with van der Waals surface area (Å²) in [6.45, 7) is 3.56. The van der Waals surface area contributed by atoms with Gasteiger partial charge in [-0.05, 0) is 38.1 Å². The van der Waals surface area contributed by atoms with E-state index in [-0.39, 0.29) is 25.0 Å². The number of nitrogens with zero attached hydrogens (tertiary/aromatic N) is 1. The van der Waals surface area contributed by atoms with Crippen LogP contribution in [0.15, 0.2) is 42.5 Å². The Morgan fingerprint density at radius 2 is 1.84 bits per heavy atom. The third-order valence-electron chi connectivity index (χ3n) is 3.40. The molecule has 0 aliphatic rings. The van der Waals surface area contributed by atoms with Crippen molar-refractivity contribution in [3.63, 3.8) is 0 Å². The number of ether oxygens (including phenoxy) is 1. The van der Waals surface area contributed by atoms with Crippen molar-refractivity contribution < 1.29 is 19.1 Å². The minimum Gasteiger partial charge on any atom is -0.454 e. The van der Waals surface area contributed by atoms with Crippen molar-refractivity contribution in [2.24, 2.45) is 0 Å². The van der Waals surface area contributed by atoms with Crippen molar-refractivity contribution in [3.05, 3.63) is 52.2 Å². The molecule has 132 valence electrons. The van der Waals surface area contributed by atoms with Crippen LogP contribution in [-0.4, -0.2) is 37.5 Å². The zero-order chi connectivity index (χ0) is 18.2. The lowest BCUT2D eigenvalue weighted by Gasteiger charge is -2.20. The van der Waals surface area contributed by atoms with Gasteiger partial charge in [-0.15, -0.1) is 11.3 Å². The van der Waals surface area contributed by atoms with Crippen LogP contribution in [0.5, 0.6) is 0 Å². The van der Waals surface area contributed by atoms with E-state index in [4.69, 9.17) is 4.74 Å². The van der Waals surface area contributed by atoms with Crippen molar-refractivity contribution in [3.8, 4) is 0 Å². The minimum atomic E-state index is -0.654. The Morgan fingerprint density at radius 1 is 1.12 bits per heavy atom. The third-order valence-corrected chi connectivity index (χ3v) is 4.40. The quantitative estimate of drug-likeness (QED) is 0.769. The Hall–Kier alpha value is -2.67. The lowest BCUT2D eigenvalue weighted by molar-refractivity contribution is -0.146. The zero-order valence-electron chi connectivity index (χ0n) is 14.2. The van der Waals surface area contributed by atoms with Crippen LogP contribution < -0.4 is 10.2 Å². The summed E-state index contributed by atoms with van der Waals surface area (Å²) in [4.78, 5) is 38.9. The van der Waals surface area contributed by atoms with E-state index in [0.717, 1.165) is 10.6 Å². The number of aryl methyl sites for hydroxylation is 1.